The van der Waals surface area contributed by atoms with Crippen molar-refractivity contribution in [3.8, 4) is 11.8 Å². The van der Waals surface area contributed by atoms with Gasteiger partial charge in [-0.05, 0) is 36.8 Å². The molecule has 0 saturated heterocycles. The Kier molecular flexibility index (Phi) is 4.27. The molecule has 0 amide bonds. The molecule has 1 atom stereocenters. The molecule has 0 aliphatic heterocycles. The largest absolute Gasteiger partial charge is 0.378 e. The van der Waals surface area contributed by atoms with Crippen molar-refractivity contribution >= 4 is 11.6 Å². The van der Waals surface area contributed by atoms with Crippen molar-refractivity contribution in [1.29, 1.82) is 0 Å². The first-order chi connectivity index (χ1) is 9.05. The molecule has 0 aliphatic carbocycles. The third-order valence-corrected chi connectivity index (χ3v) is 2.96. The minimum atomic E-state index is -1.04. The molecule has 0 spiro atoms. The molecule has 0 fully saturated rings. The van der Waals surface area contributed by atoms with Gasteiger partial charge in [-0.3, -0.25) is 0 Å². The molecule has 0 heterocycles. The Morgan fingerprint density at radius 2 is 1.68 bits per heavy atom. The number of halogens is 1. The average molecular weight is 271 g/mol. The first-order valence-corrected chi connectivity index (χ1v) is 6.48. The Morgan fingerprint density at radius 1 is 1.05 bits per heavy atom. The average Bonchev–Trinajstić information content (AvgIpc) is 2.39. The maximum Gasteiger partial charge on any atom is 0.127 e. The lowest BCUT2D eigenvalue weighted by molar-refractivity contribution is 0.123. The predicted molar refractivity (Wildman–Crippen MR) is 79.1 cm³/mol. The van der Waals surface area contributed by atoms with E-state index in [1.165, 1.54) is 0 Å². The maximum atomic E-state index is 10.3. The highest BCUT2D eigenvalue weighted by atomic mass is 35.5. The van der Waals surface area contributed by atoms with Gasteiger partial charge in [-0.2, -0.15) is 0 Å². The Bertz CT molecular complexity index is 589. The lowest BCUT2D eigenvalue weighted by atomic mass is 9.97. The van der Waals surface area contributed by atoms with E-state index < -0.39 is 5.60 Å². The van der Waals surface area contributed by atoms with Crippen LogP contribution in [-0.2, 0) is 6.42 Å². The van der Waals surface area contributed by atoms with E-state index in [1.807, 2.05) is 42.5 Å². The van der Waals surface area contributed by atoms with Crippen LogP contribution in [0.5, 0.6) is 0 Å². The lowest BCUT2D eigenvalue weighted by Gasteiger charge is -2.16. The van der Waals surface area contributed by atoms with Gasteiger partial charge in [0.25, 0.3) is 0 Å². The van der Waals surface area contributed by atoms with Gasteiger partial charge in [-0.25, -0.2) is 0 Å². The minimum absolute atomic E-state index is 0.508. The van der Waals surface area contributed by atoms with Crippen LogP contribution in [0.1, 0.15) is 18.1 Å². The van der Waals surface area contributed by atoms with Crippen molar-refractivity contribution in [3.63, 3.8) is 0 Å². The smallest absolute Gasteiger partial charge is 0.127 e. The summed E-state index contributed by atoms with van der Waals surface area (Å²) >= 11 is 5.81. The van der Waals surface area contributed by atoms with Crippen LogP contribution in [-0.4, -0.2) is 10.7 Å². The first-order valence-electron chi connectivity index (χ1n) is 6.10. The van der Waals surface area contributed by atoms with E-state index in [9.17, 15) is 5.11 Å². The van der Waals surface area contributed by atoms with Crippen LogP contribution >= 0.6 is 11.6 Å². The topological polar surface area (TPSA) is 20.2 Å². The Morgan fingerprint density at radius 3 is 2.32 bits per heavy atom. The van der Waals surface area contributed by atoms with Crippen LogP contribution in [0.3, 0.4) is 0 Å². The van der Waals surface area contributed by atoms with Crippen molar-refractivity contribution in [1.82, 2.24) is 0 Å². The maximum absolute atomic E-state index is 10.3. The predicted octanol–water partition coefficient (Wildman–Crippen LogP) is 3.69. The zero-order chi connectivity index (χ0) is 13.7. The molecule has 2 rings (SSSR count). The Labute approximate surface area is 118 Å². The SMILES string of the molecule is C[C@](O)(C#Cc1ccc(Cl)cc1)Cc1ccccc1. The first kappa shape index (κ1) is 13.7. The number of hydrogen-bond acceptors (Lipinski definition) is 1. The van der Waals surface area contributed by atoms with Crippen LogP contribution in [0.15, 0.2) is 54.6 Å². The molecule has 1 nitrogen and oxygen atoms in total. The summed E-state index contributed by atoms with van der Waals surface area (Å²) in [4.78, 5) is 0. The van der Waals surface area contributed by atoms with Crippen molar-refractivity contribution in [3.05, 3.63) is 70.7 Å². The summed E-state index contributed by atoms with van der Waals surface area (Å²) < 4.78 is 0. The molecule has 2 aromatic carbocycles. The van der Waals surface area contributed by atoms with Crippen molar-refractivity contribution < 1.29 is 5.11 Å². The van der Waals surface area contributed by atoms with E-state index in [-0.39, 0.29) is 0 Å². The van der Waals surface area contributed by atoms with E-state index in [1.54, 1.807) is 19.1 Å². The van der Waals surface area contributed by atoms with Gasteiger partial charge in [0.05, 0.1) is 0 Å². The zero-order valence-electron chi connectivity index (χ0n) is 10.7. The molecule has 1 N–H and O–H groups in total. The lowest BCUT2D eigenvalue weighted by Crippen LogP contribution is -2.24. The second-order valence-corrected chi connectivity index (χ2v) is 5.13. The zero-order valence-corrected chi connectivity index (χ0v) is 11.5. The van der Waals surface area contributed by atoms with Gasteiger partial charge in [-0.1, -0.05) is 53.8 Å². The van der Waals surface area contributed by atoms with Crippen molar-refractivity contribution in [2.75, 3.05) is 0 Å². The molecule has 2 heteroatoms. The van der Waals surface area contributed by atoms with Crippen LogP contribution in [0.2, 0.25) is 5.02 Å². The highest BCUT2D eigenvalue weighted by Crippen LogP contribution is 2.13. The van der Waals surface area contributed by atoms with E-state index >= 15 is 0 Å². The summed E-state index contributed by atoms with van der Waals surface area (Å²) in [5.74, 6) is 5.88. The fourth-order valence-electron chi connectivity index (χ4n) is 1.78. The van der Waals surface area contributed by atoms with Crippen LogP contribution in [0.25, 0.3) is 0 Å². The molecular weight excluding hydrogens is 256 g/mol. The van der Waals surface area contributed by atoms with E-state index in [2.05, 4.69) is 11.8 Å². The number of rotatable bonds is 2. The molecular formula is C17H15ClO. The Balaban J connectivity index is 2.11. The van der Waals surface area contributed by atoms with Gasteiger partial charge in [-0.15, -0.1) is 0 Å². The molecule has 0 aliphatic rings. The summed E-state index contributed by atoms with van der Waals surface area (Å²) in [6.07, 6.45) is 0.508. The minimum Gasteiger partial charge on any atom is -0.378 e. The summed E-state index contributed by atoms with van der Waals surface area (Å²) in [6.45, 7) is 1.73. The molecule has 0 unspecified atom stereocenters. The fraction of sp³-hybridized carbons (Fsp3) is 0.176. The van der Waals surface area contributed by atoms with Gasteiger partial charge in [0.2, 0.25) is 0 Å². The van der Waals surface area contributed by atoms with E-state index in [0.29, 0.717) is 11.4 Å². The van der Waals surface area contributed by atoms with E-state index in [0.717, 1.165) is 11.1 Å². The highest BCUT2D eigenvalue weighted by molar-refractivity contribution is 6.30. The van der Waals surface area contributed by atoms with Gasteiger partial charge in [0, 0.05) is 17.0 Å². The third-order valence-electron chi connectivity index (χ3n) is 2.71. The van der Waals surface area contributed by atoms with Crippen molar-refractivity contribution in [2.24, 2.45) is 0 Å². The monoisotopic (exact) mass is 270 g/mol. The van der Waals surface area contributed by atoms with Gasteiger partial charge in [0.1, 0.15) is 5.60 Å². The van der Waals surface area contributed by atoms with Crippen molar-refractivity contribution in [2.45, 2.75) is 18.9 Å². The molecule has 0 saturated carbocycles. The second-order valence-electron chi connectivity index (χ2n) is 4.69. The number of hydrogen-bond donors (Lipinski definition) is 1. The highest BCUT2D eigenvalue weighted by Gasteiger charge is 2.17. The summed E-state index contributed by atoms with van der Waals surface area (Å²) in [6, 6.07) is 17.1. The van der Waals surface area contributed by atoms with Crippen LogP contribution in [0, 0.1) is 11.8 Å². The van der Waals surface area contributed by atoms with E-state index in [4.69, 9.17) is 11.6 Å². The summed E-state index contributed by atoms with van der Waals surface area (Å²) in [7, 11) is 0. The third kappa shape index (κ3) is 4.44. The summed E-state index contributed by atoms with van der Waals surface area (Å²) in [5, 5.41) is 11.0. The van der Waals surface area contributed by atoms with Crippen LogP contribution < -0.4 is 0 Å². The van der Waals surface area contributed by atoms with Gasteiger partial charge in [0.15, 0.2) is 0 Å². The van der Waals surface area contributed by atoms with Gasteiger partial charge >= 0.3 is 0 Å². The van der Waals surface area contributed by atoms with Crippen LogP contribution in [0.4, 0.5) is 0 Å². The molecule has 2 aromatic rings. The second kappa shape index (κ2) is 5.93. The number of benzene rings is 2. The number of aliphatic hydroxyl groups is 1. The Hall–Kier alpha value is -1.75. The standard InChI is InChI=1S/C17H15ClO/c1-17(19,13-15-5-3-2-4-6-15)12-11-14-7-9-16(18)10-8-14/h2-10,19H,13H2,1H3/t17-/m0/s1. The molecule has 96 valence electrons. The summed E-state index contributed by atoms with van der Waals surface area (Å²) in [5.41, 5.74) is 0.872. The molecule has 19 heavy (non-hydrogen) atoms. The normalized spacial score (nSPS) is 13.2. The molecule has 0 radical (unpaired) electrons. The fourth-order valence-corrected chi connectivity index (χ4v) is 1.90. The van der Waals surface area contributed by atoms with Gasteiger partial charge < -0.3 is 5.11 Å². The quantitative estimate of drug-likeness (QED) is 0.826. The molecule has 0 aromatic heterocycles. The molecule has 0 bridgehead atoms.